The molecule has 0 radical (unpaired) electrons. The predicted molar refractivity (Wildman–Crippen MR) is 119 cm³/mol. The Morgan fingerprint density at radius 2 is 1.90 bits per heavy atom. The molecule has 5 nitrogen and oxygen atoms in total. The van der Waals surface area contributed by atoms with Gasteiger partial charge in [0.2, 0.25) is 0 Å². The highest BCUT2D eigenvalue weighted by Crippen LogP contribution is 2.34. The van der Waals surface area contributed by atoms with Gasteiger partial charge in [-0.3, -0.25) is 19.5 Å². The molecule has 3 heterocycles. The maximum Gasteiger partial charge on any atom is 0.293 e. The SMILES string of the molecule is Cc1cc(C=C2SC(=O)N(Cc3ccc(Br)cc3)C2=O)c(C)n1-c1cccnc1. The first-order valence-corrected chi connectivity index (χ1v) is 10.6. The van der Waals surface area contributed by atoms with E-state index in [0.29, 0.717) is 4.91 Å². The summed E-state index contributed by atoms with van der Waals surface area (Å²) in [6.07, 6.45) is 5.34. The molecule has 0 N–H and O–H groups in total. The molecule has 1 aliphatic rings. The summed E-state index contributed by atoms with van der Waals surface area (Å²) in [5, 5.41) is -0.245. The summed E-state index contributed by atoms with van der Waals surface area (Å²) < 4.78 is 3.05. The van der Waals surface area contributed by atoms with Crippen molar-refractivity contribution >= 4 is 44.9 Å². The highest BCUT2D eigenvalue weighted by Gasteiger charge is 2.35. The smallest absolute Gasteiger partial charge is 0.293 e. The zero-order valence-electron chi connectivity index (χ0n) is 15.9. The normalized spacial score (nSPS) is 15.6. The number of nitrogens with zero attached hydrogens (tertiary/aromatic N) is 3. The van der Waals surface area contributed by atoms with Crippen LogP contribution < -0.4 is 0 Å². The van der Waals surface area contributed by atoms with Crippen molar-refractivity contribution in [2.24, 2.45) is 0 Å². The van der Waals surface area contributed by atoms with Crippen LogP contribution in [0.2, 0.25) is 0 Å². The molecular formula is C22H18BrN3O2S. The van der Waals surface area contributed by atoms with Gasteiger partial charge in [0, 0.05) is 22.1 Å². The van der Waals surface area contributed by atoms with Gasteiger partial charge in [-0.2, -0.15) is 0 Å². The Labute approximate surface area is 181 Å². The van der Waals surface area contributed by atoms with Gasteiger partial charge < -0.3 is 4.57 Å². The van der Waals surface area contributed by atoms with Gasteiger partial charge in [0.25, 0.3) is 11.1 Å². The van der Waals surface area contributed by atoms with E-state index in [4.69, 9.17) is 0 Å². The maximum absolute atomic E-state index is 12.9. The van der Waals surface area contributed by atoms with Crippen LogP contribution in [0, 0.1) is 13.8 Å². The summed E-state index contributed by atoms with van der Waals surface area (Å²) >= 11 is 4.38. The molecule has 2 amide bonds. The van der Waals surface area contributed by atoms with Gasteiger partial charge in [0.15, 0.2) is 0 Å². The van der Waals surface area contributed by atoms with Gasteiger partial charge in [0.1, 0.15) is 0 Å². The van der Waals surface area contributed by atoms with Crippen LogP contribution in [0.5, 0.6) is 0 Å². The van der Waals surface area contributed by atoms with Crippen molar-refractivity contribution in [1.82, 2.24) is 14.5 Å². The third kappa shape index (κ3) is 3.93. The van der Waals surface area contributed by atoms with E-state index in [0.717, 1.165) is 44.4 Å². The molecule has 7 heteroatoms. The number of amides is 2. The van der Waals surface area contributed by atoms with Gasteiger partial charge in [-0.1, -0.05) is 28.1 Å². The second-order valence-corrected chi connectivity index (χ2v) is 8.68. The summed E-state index contributed by atoms with van der Waals surface area (Å²) in [6.45, 7) is 4.28. The number of carbonyl (C=O) groups is 2. The third-order valence-electron chi connectivity index (χ3n) is 4.79. The molecule has 1 aromatic carbocycles. The average molecular weight is 468 g/mol. The van der Waals surface area contributed by atoms with Crippen LogP contribution in [-0.4, -0.2) is 25.6 Å². The lowest BCUT2D eigenvalue weighted by molar-refractivity contribution is -0.123. The molecule has 0 spiro atoms. The second-order valence-electron chi connectivity index (χ2n) is 6.77. The molecule has 1 fully saturated rings. The number of hydrogen-bond donors (Lipinski definition) is 0. The Balaban J connectivity index is 1.62. The standard InChI is InChI=1S/C22H18BrN3O2S/c1-14-10-17(15(2)26(14)19-4-3-9-24-12-19)11-20-21(27)25(22(28)29-20)13-16-5-7-18(23)8-6-16/h3-12H,13H2,1-2H3. The van der Waals surface area contributed by atoms with Crippen LogP contribution in [-0.2, 0) is 11.3 Å². The van der Waals surface area contributed by atoms with Gasteiger partial charge in [0.05, 0.1) is 23.3 Å². The van der Waals surface area contributed by atoms with E-state index in [1.165, 1.54) is 4.90 Å². The molecular weight excluding hydrogens is 450 g/mol. The minimum absolute atomic E-state index is 0.245. The lowest BCUT2D eigenvalue weighted by atomic mass is 10.2. The zero-order valence-corrected chi connectivity index (χ0v) is 18.3. The van der Waals surface area contributed by atoms with Crippen molar-refractivity contribution in [2.45, 2.75) is 20.4 Å². The molecule has 0 bridgehead atoms. The molecule has 146 valence electrons. The quantitative estimate of drug-likeness (QED) is 0.476. The number of imide groups is 1. The van der Waals surface area contributed by atoms with E-state index in [1.54, 1.807) is 12.4 Å². The van der Waals surface area contributed by atoms with E-state index >= 15 is 0 Å². The Morgan fingerprint density at radius 3 is 2.59 bits per heavy atom. The van der Waals surface area contributed by atoms with Gasteiger partial charge in [-0.25, -0.2) is 0 Å². The van der Waals surface area contributed by atoms with E-state index in [-0.39, 0.29) is 17.7 Å². The predicted octanol–water partition coefficient (Wildman–Crippen LogP) is 5.49. The number of rotatable bonds is 4. The minimum atomic E-state index is -0.255. The van der Waals surface area contributed by atoms with Crippen molar-refractivity contribution in [1.29, 1.82) is 0 Å². The van der Waals surface area contributed by atoms with E-state index < -0.39 is 0 Å². The second kappa shape index (κ2) is 8.00. The van der Waals surface area contributed by atoms with Crippen LogP contribution >= 0.6 is 27.7 Å². The fourth-order valence-corrected chi connectivity index (χ4v) is 4.46. The molecule has 0 atom stereocenters. The first-order valence-electron chi connectivity index (χ1n) is 9.03. The van der Waals surface area contributed by atoms with Crippen molar-refractivity contribution in [2.75, 3.05) is 0 Å². The molecule has 29 heavy (non-hydrogen) atoms. The largest absolute Gasteiger partial charge is 0.316 e. The third-order valence-corrected chi connectivity index (χ3v) is 6.22. The molecule has 1 saturated heterocycles. The topological polar surface area (TPSA) is 55.2 Å². The number of aromatic nitrogens is 2. The van der Waals surface area contributed by atoms with Crippen molar-refractivity contribution in [3.8, 4) is 5.69 Å². The Kier molecular flexibility index (Phi) is 5.43. The van der Waals surface area contributed by atoms with Crippen molar-refractivity contribution in [3.63, 3.8) is 0 Å². The fourth-order valence-electron chi connectivity index (χ4n) is 3.37. The number of pyridine rings is 1. The van der Waals surface area contributed by atoms with Gasteiger partial charge >= 0.3 is 0 Å². The van der Waals surface area contributed by atoms with Gasteiger partial charge in [-0.15, -0.1) is 0 Å². The van der Waals surface area contributed by atoms with Crippen LogP contribution in [0.15, 0.2) is 64.2 Å². The number of hydrogen-bond acceptors (Lipinski definition) is 4. The van der Waals surface area contributed by atoms with Crippen LogP contribution in [0.1, 0.15) is 22.5 Å². The number of carbonyl (C=O) groups excluding carboxylic acids is 2. The summed E-state index contributed by atoms with van der Waals surface area (Å²) in [6, 6.07) is 13.5. The lowest BCUT2D eigenvalue weighted by Gasteiger charge is -2.12. The highest BCUT2D eigenvalue weighted by molar-refractivity contribution is 9.10. The minimum Gasteiger partial charge on any atom is -0.316 e. The number of halogens is 1. The van der Waals surface area contributed by atoms with Crippen LogP contribution in [0.25, 0.3) is 11.8 Å². The Hall–Kier alpha value is -2.64. The number of thioether (sulfide) groups is 1. The van der Waals surface area contributed by atoms with E-state index in [9.17, 15) is 9.59 Å². The average Bonchev–Trinajstić information content (AvgIpc) is 3.14. The molecule has 3 aromatic rings. The summed E-state index contributed by atoms with van der Waals surface area (Å²) in [5.74, 6) is -0.255. The van der Waals surface area contributed by atoms with Gasteiger partial charge in [-0.05, 0) is 73.1 Å². The first kappa shape index (κ1) is 19.7. The highest BCUT2D eigenvalue weighted by atomic mass is 79.9. The molecule has 4 rings (SSSR count). The zero-order chi connectivity index (χ0) is 20.5. The monoisotopic (exact) mass is 467 g/mol. The Morgan fingerprint density at radius 1 is 1.14 bits per heavy atom. The maximum atomic E-state index is 12.9. The van der Waals surface area contributed by atoms with Crippen LogP contribution in [0.3, 0.4) is 0 Å². The lowest BCUT2D eigenvalue weighted by Crippen LogP contribution is -2.27. The first-order chi connectivity index (χ1) is 13.9. The van der Waals surface area contributed by atoms with E-state index in [2.05, 4.69) is 25.5 Å². The van der Waals surface area contributed by atoms with Crippen LogP contribution in [0.4, 0.5) is 4.79 Å². The van der Waals surface area contributed by atoms with E-state index in [1.807, 2.05) is 62.4 Å². The Bertz CT molecular complexity index is 1120. The molecule has 0 aliphatic carbocycles. The van der Waals surface area contributed by atoms with Crippen molar-refractivity contribution in [3.05, 3.63) is 86.8 Å². The number of benzene rings is 1. The van der Waals surface area contributed by atoms with Crippen molar-refractivity contribution < 1.29 is 9.59 Å². The summed E-state index contributed by atoms with van der Waals surface area (Å²) in [4.78, 5) is 31.2. The fraction of sp³-hybridized carbons (Fsp3) is 0.136. The summed E-state index contributed by atoms with van der Waals surface area (Å²) in [7, 11) is 0. The molecule has 0 saturated carbocycles. The molecule has 2 aromatic heterocycles. The molecule has 0 unspecified atom stereocenters. The summed E-state index contributed by atoms with van der Waals surface area (Å²) in [5.41, 5.74) is 4.82. The molecule has 1 aliphatic heterocycles. The number of aryl methyl sites for hydroxylation is 1.